The summed E-state index contributed by atoms with van der Waals surface area (Å²) in [4.78, 5) is 17.1. The molecule has 2 aliphatic heterocycles. The maximum absolute atomic E-state index is 5.05. The molecule has 0 aromatic carbocycles. The summed E-state index contributed by atoms with van der Waals surface area (Å²) in [5.41, 5.74) is 5.35. The van der Waals surface area contributed by atoms with Crippen LogP contribution in [0.2, 0.25) is 0 Å². The second kappa shape index (κ2) is 11.8. The minimum atomic E-state index is 0.463. The Labute approximate surface area is 191 Å². The summed E-state index contributed by atoms with van der Waals surface area (Å²) in [6.45, 7) is 22.1. The van der Waals surface area contributed by atoms with Crippen molar-refractivity contribution in [2.24, 2.45) is 32.2 Å². The van der Waals surface area contributed by atoms with Gasteiger partial charge in [-0.2, -0.15) is 0 Å². The van der Waals surface area contributed by atoms with Crippen molar-refractivity contribution in [3.8, 4) is 0 Å². The summed E-state index contributed by atoms with van der Waals surface area (Å²) in [6, 6.07) is 0. The van der Waals surface area contributed by atoms with E-state index in [1.807, 2.05) is 20.8 Å². The molecule has 3 aliphatic rings. The molecule has 0 N–H and O–H groups in total. The first kappa shape index (κ1) is 25.5. The van der Waals surface area contributed by atoms with E-state index in [0.717, 1.165) is 44.0 Å². The Kier molecular flexibility index (Phi) is 9.71. The Morgan fingerprint density at radius 3 is 2.39 bits per heavy atom. The molecule has 31 heavy (non-hydrogen) atoms. The average Bonchev–Trinajstić information content (AvgIpc) is 3.39. The number of amidine groups is 1. The molecular formula is C27H46N4. The van der Waals surface area contributed by atoms with E-state index in [9.17, 15) is 0 Å². The highest BCUT2D eigenvalue weighted by Crippen LogP contribution is 2.42. The first-order valence-electron chi connectivity index (χ1n) is 12.5. The highest BCUT2D eigenvalue weighted by molar-refractivity contribution is 6.06. The number of piperidine rings is 1. The third-order valence-corrected chi connectivity index (χ3v) is 6.84. The van der Waals surface area contributed by atoms with E-state index in [-0.39, 0.29) is 0 Å². The third-order valence-electron chi connectivity index (χ3n) is 6.84. The second-order valence-corrected chi connectivity index (χ2v) is 9.87. The van der Waals surface area contributed by atoms with Crippen LogP contribution in [0.4, 0.5) is 0 Å². The lowest BCUT2D eigenvalue weighted by atomic mass is 9.90. The van der Waals surface area contributed by atoms with Crippen molar-refractivity contribution in [2.45, 2.75) is 93.4 Å². The lowest BCUT2D eigenvalue weighted by molar-refractivity contribution is 0.256. The lowest BCUT2D eigenvalue weighted by Gasteiger charge is -2.35. The Balaban J connectivity index is 0.00000166. The van der Waals surface area contributed by atoms with Crippen LogP contribution in [0.25, 0.3) is 0 Å². The van der Waals surface area contributed by atoms with Crippen molar-refractivity contribution in [1.82, 2.24) is 4.90 Å². The number of rotatable bonds is 7. The third kappa shape index (κ3) is 7.15. The zero-order valence-electron chi connectivity index (χ0n) is 21.3. The zero-order valence-corrected chi connectivity index (χ0v) is 21.3. The van der Waals surface area contributed by atoms with Gasteiger partial charge in [0.2, 0.25) is 0 Å². The van der Waals surface area contributed by atoms with Crippen molar-refractivity contribution in [1.29, 1.82) is 0 Å². The molecule has 0 aromatic heterocycles. The fraction of sp³-hybridized carbons (Fsp3) is 0.741. The molecule has 0 spiro atoms. The molecule has 1 atom stereocenters. The van der Waals surface area contributed by atoms with Gasteiger partial charge in [0.1, 0.15) is 5.84 Å². The molecule has 0 bridgehead atoms. The van der Waals surface area contributed by atoms with Crippen LogP contribution >= 0.6 is 0 Å². The first-order chi connectivity index (χ1) is 14.8. The smallest absolute Gasteiger partial charge is 0.126 e. The van der Waals surface area contributed by atoms with Gasteiger partial charge in [-0.15, -0.1) is 0 Å². The molecule has 3 rings (SSSR count). The van der Waals surface area contributed by atoms with Gasteiger partial charge in [0.05, 0.1) is 6.54 Å². The van der Waals surface area contributed by atoms with Gasteiger partial charge in [-0.1, -0.05) is 47.3 Å². The average molecular weight is 427 g/mol. The maximum atomic E-state index is 5.05. The molecule has 1 saturated carbocycles. The number of nitrogens with zero attached hydrogens (tertiary/aromatic N) is 4. The largest absolute Gasteiger partial charge is 0.375 e. The van der Waals surface area contributed by atoms with Crippen LogP contribution in [0, 0.1) is 17.3 Å². The van der Waals surface area contributed by atoms with Gasteiger partial charge in [0.15, 0.2) is 0 Å². The molecule has 1 unspecified atom stereocenters. The quantitative estimate of drug-likeness (QED) is 0.401. The van der Waals surface area contributed by atoms with Gasteiger partial charge in [-0.25, -0.2) is 4.99 Å². The number of allylic oxidation sites excluding steroid dienone is 3. The van der Waals surface area contributed by atoms with Crippen LogP contribution in [0.1, 0.15) is 93.4 Å². The van der Waals surface area contributed by atoms with E-state index in [4.69, 9.17) is 9.98 Å². The molecular weight excluding hydrogens is 380 g/mol. The van der Waals surface area contributed by atoms with Crippen molar-refractivity contribution in [3.63, 3.8) is 0 Å². The van der Waals surface area contributed by atoms with E-state index in [0.29, 0.717) is 17.3 Å². The summed E-state index contributed by atoms with van der Waals surface area (Å²) < 4.78 is 0. The molecule has 2 heterocycles. The van der Waals surface area contributed by atoms with E-state index >= 15 is 0 Å². The number of likely N-dealkylation sites (tertiary alicyclic amines) is 1. The van der Waals surface area contributed by atoms with Gasteiger partial charge < -0.3 is 4.90 Å². The molecule has 1 aliphatic carbocycles. The van der Waals surface area contributed by atoms with E-state index in [1.54, 1.807) is 0 Å². The molecule has 2 fully saturated rings. The summed E-state index contributed by atoms with van der Waals surface area (Å²) in [5.74, 6) is 2.36. The summed E-state index contributed by atoms with van der Waals surface area (Å²) in [6.07, 6.45) is 10.4. The molecule has 4 heteroatoms. The molecule has 4 nitrogen and oxygen atoms in total. The van der Waals surface area contributed by atoms with Crippen LogP contribution in [0.15, 0.2) is 39.0 Å². The monoisotopic (exact) mass is 426 g/mol. The Morgan fingerprint density at radius 2 is 1.87 bits per heavy atom. The van der Waals surface area contributed by atoms with Crippen molar-refractivity contribution in [2.75, 3.05) is 19.6 Å². The molecule has 0 radical (unpaired) electrons. The topological polar surface area (TPSA) is 40.3 Å². The Bertz CT molecular complexity index is 730. The fourth-order valence-electron chi connectivity index (χ4n) is 5.10. The lowest BCUT2D eigenvalue weighted by Crippen LogP contribution is -2.36. The fourth-order valence-corrected chi connectivity index (χ4v) is 5.10. The van der Waals surface area contributed by atoms with Crippen molar-refractivity contribution < 1.29 is 0 Å². The van der Waals surface area contributed by atoms with Gasteiger partial charge in [0.25, 0.3) is 0 Å². The van der Waals surface area contributed by atoms with E-state index in [2.05, 4.69) is 50.2 Å². The van der Waals surface area contributed by atoms with Crippen LogP contribution in [-0.2, 0) is 0 Å². The second-order valence-electron chi connectivity index (χ2n) is 9.87. The molecule has 1 saturated heterocycles. The minimum Gasteiger partial charge on any atom is -0.375 e. The Morgan fingerprint density at radius 1 is 1.19 bits per heavy atom. The predicted molar refractivity (Wildman–Crippen MR) is 137 cm³/mol. The van der Waals surface area contributed by atoms with Crippen LogP contribution in [0.5, 0.6) is 0 Å². The van der Waals surface area contributed by atoms with Crippen LogP contribution in [0.3, 0.4) is 0 Å². The maximum Gasteiger partial charge on any atom is 0.126 e. The molecule has 0 aromatic rings. The van der Waals surface area contributed by atoms with E-state index in [1.165, 1.54) is 49.2 Å². The highest BCUT2D eigenvalue weighted by atomic mass is 15.1. The molecule has 174 valence electrons. The minimum absolute atomic E-state index is 0.463. The zero-order chi connectivity index (χ0) is 23.0. The summed E-state index contributed by atoms with van der Waals surface area (Å²) in [7, 11) is 0. The van der Waals surface area contributed by atoms with Crippen molar-refractivity contribution in [3.05, 3.63) is 24.0 Å². The normalized spacial score (nSPS) is 24.5. The van der Waals surface area contributed by atoms with Gasteiger partial charge in [0, 0.05) is 54.2 Å². The summed E-state index contributed by atoms with van der Waals surface area (Å²) >= 11 is 0. The van der Waals surface area contributed by atoms with E-state index < -0.39 is 0 Å². The Hall–Kier alpha value is -1.71. The van der Waals surface area contributed by atoms with Crippen LogP contribution in [-0.4, -0.2) is 41.8 Å². The number of aliphatic imine (C=N–C) groups is 3. The van der Waals surface area contributed by atoms with Crippen LogP contribution < -0.4 is 0 Å². The van der Waals surface area contributed by atoms with Gasteiger partial charge >= 0.3 is 0 Å². The van der Waals surface area contributed by atoms with Gasteiger partial charge in [-0.3, -0.25) is 9.98 Å². The SMILES string of the molecule is C=C(C)N=C(CC)C/C(=C\C)N1CCC(C2=NC(C3CCC(C)(C)C3)=NC2)CC1.CC. The molecule has 0 amide bonds. The predicted octanol–water partition coefficient (Wildman–Crippen LogP) is 7.08. The summed E-state index contributed by atoms with van der Waals surface area (Å²) in [5, 5.41) is 0. The first-order valence-corrected chi connectivity index (χ1v) is 12.5. The number of hydrogen-bond acceptors (Lipinski definition) is 4. The highest BCUT2D eigenvalue weighted by Gasteiger charge is 2.36. The standard InChI is InChI=1S/C25H40N4.C2H6/c1-7-21(27-18(3)4)15-22(8-2)29-13-10-19(11-14-29)23-17-26-24(28-23)20-9-12-25(5,6)16-20;1-2/h8,19-20H,3,7,9-17H2,1-2,4-6H3;1-2H3/b22-8+,27-21?;. The number of hydrogen-bond donors (Lipinski definition) is 0. The van der Waals surface area contributed by atoms with Crippen molar-refractivity contribution >= 4 is 17.3 Å². The van der Waals surface area contributed by atoms with Gasteiger partial charge in [-0.05, 0) is 57.8 Å².